The molecule has 0 aliphatic carbocycles. The predicted molar refractivity (Wildman–Crippen MR) is 50.4 cm³/mol. The Hall–Kier alpha value is -1.36. The molecule has 1 aromatic heterocycles. The molecule has 0 spiro atoms. The van der Waals surface area contributed by atoms with E-state index >= 15 is 0 Å². The zero-order chi connectivity index (χ0) is 9.52. The molecule has 3 N–H and O–H groups in total. The third kappa shape index (κ3) is 3.71. The minimum absolute atomic E-state index is 0.0577. The number of carbonyl (C=O) groups is 1. The van der Waals surface area contributed by atoms with E-state index in [0.29, 0.717) is 12.4 Å². The van der Waals surface area contributed by atoms with Gasteiger partial charge in [-0.3, -0.25) is 9.89 Å². The van der Waals surface area contributed by atoms with Crippen molar-refractivity contribution in [2.45, 2.75) is 13.3 Å². The minimum Gasteiger partial charge on any atom is -0.310 e. The molecule has 1 aromatic rings. The maximum absolute atomic E-state index is 11.2. The summed E-state index contributed by atoms with van der Waals surface area (Å²) in [7, 11) is 0. The minimum atomic E-state index is -0.0577. The van der Waals surface area contributed by atoms with Gasteiger partial charge in [0.25, 0.3) is 0 Å². The smallest absolute Gasteiger partial charge is 0.239 e. The van der Waals surface area contributed by atoms with Crippen LogP contribution in [0.5, 0.6) is 0 Å². The quantitative estimate of drug-likeness (QED) is 0.575. The van der Waals surface area contributed by atoms with Crippen molar-refractivity contribution in [3.05, 3.63) is 12.3 Å². The average Bonchev–Trinajstić information content (AvgIpc) is 2.57. The van der Waals surface area contributed by atoms with E-state index in [4.69, 9.17) is 0 Å². The molecule has 0 saturated carbocycles. The molecule has 1 heterocycles. The molecular formula is C8H14N4O. The van der Waals surface area contributed by atoms with E-state index in [-0.39, 0.29) is 5.91 Å². The van der Waals surface area contributed by atoms with Crippen molar-refractivity contribution in [3.8, 4) is 0 Å². The van der Waals surface area contributed by atoms with E-state index in [9.17, 15) is 4.79 Å². The number of hydrogen-bond donors (Lipinski definition) is 3. The van der Waals surface area contributed by atoms with Crippen molar-refractivity contribution >= 4 is 11.7 Å². The fraction of sp³-hybridized carbons (Fsp3) is 0.500. The first-order valence-corrected chi connectivity index (χ1v) is 4.33. The van der Waals surface area contributed by atoms with Crippen LogP contribution in [0, 0.1) is 0 Å². The summed E-state index contributed by atoms with van der Waals surface area (Å²) in [4.78, 5) is 11.2. The van der Waals surface area contributed by atoms with Gasteiger partial charge in [0, 0.05) is 6.07 Å². The molecule has 5 heteroatoms. The Bertz CT molecular complexity index is 245. The fourth-order valence-corrected chi connectivity index (χ4v) is 0.899. The third-order valence-electron chi connectivity index (χ3n) is 1.49. The van der Waals surface area contributed by atoms with Crippen LogP contribution in [-0.2, 0) is 4.79 Å². The monoisotopic (exact) mass is 182 g/mol. The highest BCUT2D eigenvalue weighted by atomic mass is 16.2. The first kappa shape index (κ1) is 9.73. The summed E-state index contributed by atoms with van der Waals surface area (Å²) in [6.07, 6.45) is 2.62. The Morgan fingerprint density at radius 2 is 2.54 bits per heavy atom. The van der Waals surface area contributed by atoms with E-state index in [2.05, 4.69) is 27.8 Å². The Morgan fingerprint density at radius 3 is 3.15 bits per heavy atom. The Morgan fingerprint density at radius 1 is 1.69 bits per heavy atom. The highest BCUT2D eigenvalue weighted by Crippen LogP contribution is 1.96. The molecule has 0 radical (unpaired) electrons. The van der Waals surface area contributed by atoms with Crippen molar-refractivity contribution < 1.29 is 4.79 Å². The van der Waals surface area contributed by atoms with Crippen LogP contribution in [-0.4, -0.2) is 29.2 Å². The molecule has 0 aliphatic heterocycles. The summed E-state index contributed by atoms with van der Waals surface area (Å²) >= 11 is 0. The molecule has 1 rings (SSSR count). The van der Waals surface area contributed by atoms with Gasteiger partial charge in [-0.05, 0) is 13.0 Å². The number of aromatic amines is 1. The van der Waals surface area contributed by atoms with E-state index in [1.165, 1.54) is 0 Å². The van der Waals surface area contributed by atoms with Crippen molar-refractivity contribution in [1.29, 1.82) is 0 Å². The number of amides is 1. The number of nitrogens with one attached hydrogen (secondary N) is 3. The van der Waals surface area contributed by atoms with E-state index in [1.54, 1.807) is 12.3 Å². The Labute approximate surface area is 76.9 Å². The highest BCUT2D eigenvalue weighted by molar-refractivity contribution is 5.91. The predicted octanol–water partition coefficient (Wildman–Crippen LogP) is 0.348. The normalized spacial score (nSPS) is 9.92. The topological polar surface area (TPSA) is 69.8 Å². The zero-order valence-electron chi connectivity index (χ0n) is 7.63. The zero-order valence-corrected chi connectivity index (χ0v) is 7.63. The molecular weight excluding hydrogens is 168 g/mol. The van der Waals surface area contributed by atoms with E-state index < -0.39 is 0 Å². The van der Waals surface area contributed by atoms with Crippen LogP contribution in [0.2, 0.25) is 0 Å². The largest absolute Gasteiger partial charge is 0.310 e. The summed E-state index contributed by atoms with van der Waals surface area (Å²) < 4.78 is 0. The molecule has 0 unspecified atom stereocenters. The van der Waals surface area contributed by atoms with Gasteiger partial charge in [-0.25, -0.2) is 0 Å². The summed E-state index contributed by atoms with van der Waals surface area (Å²) in [6, 6.07) is 1.71. The second-order valence-electron chi connectivity index (χ2n) is 2.70. The standard InChI is InChI=1S/C8H14N4O/c1-2-4-9-6-8(13)11-7-3-5-10-12-7/h3,5,9H,2,4,6H2,1H3,(H2,10,11,12,13). The Balaban J connectivity index is 2.18. The lowest BCUT2D eigenvalue weighted by molar-refractivity contribution is -0.115. The molecule has 0 fully saturated rings. The molecule has 5 nitrogen and oxygen atoms in total. The molecule has 0 bridgehead atoms. The molecule has 0 aliphatic rings. The SMILES string of the molecule is CCCNCC(=O)Nc1ccn[nH]1. The van der Waals surface area contributed by atoms with Crippen LogP contribution in [0.1, 0.15) is 13.3 Å². The Kier molecular flexibility index (Phi) is 3.98. The number of nitrogens with zero attached hydrogens (tertiary/aromatic N) is 1. The van der Waals surface area contributed by atoms with Crippen molar-refractivity contribution in [1.82, 2.24) is 15.5 Å². The third-order valence-corrected chi connectivity index (χ3v) is 1.49. The molecule has 13 heavy (non-hydrogen) atoms. The number of aromatic nitrogens is 2. The van der Waals surface area contributed by atoms with Gasteiger partial charge < -0.3 is 10.6 Å². The van der Waals surface area contributed by atoms with Gasteiger partial charge >= 0.3 is 0 Å². The maximum Gasteiger partial charge on any atom is 0.239 e. The van der Waals surface area contributed by atoms with Gasteiger partial charge in [0.05, 0.1) is 12.7 Å². The van der Waals surface area contributed by atoms with Crippen molar-refractivity contribution in [2.24, 2.45) is 0 Å². The molecule has 72 valence electrons. The fourth-order valence-electron chi connectivity index (χ4n) is 0.899. The first-order chi connectivity index (χ1) is 6.33. The number of hydrogen-bond acceptors (Lipinski definition) is 3. The number of carbonyl (C=O) groups excluding carboxylic acids is 1. The summed E-state index contributed by atoms with van der Waals surface area (Å²) in [5, 5.41) is 12.0. The molecule has 0 saturated heterocycles. The molecule has 0 atom stereocenters. The lowest BCUT2D eigenvalue weighted by atomic mass is 10.4. The summed E-state index contributed by atoms with van der Waals surface area (Å²) in [5.74, 6) is 0.570. The van der Waals surface area contributed by atoms with Crippen LogP contribution < -0.4 is 10.6 Å². The van der Waals surface area contributed by atoms with Crippen molar-refractivity contribution in [2.75, 3.05) is 18.4 Å². The van der Waals surface area contributed by atoms with Crippen LogP contribution in [0.25, 0.3) is 0 Å². The second kappa shape index (κ2) is 5.31. The van der Waals surface area contributed by atoms with Crippen LogP contribution in [0.15, 0.2) is 12.3 Å². The number of anilines is 1. The van der Waals surface area contributed by atoms with E-state index in [0.717, 1.165) is 13.0 Å². The van der Waals surface area contributed by atoms with Crippen LogP contribution in [0.4, 0.5) is 5.82 Å². The van der Waals surface area contributed by atoms with E-state index in [1.807, 2.05) is 0 Å². The first-order valence-electron chi connectivity index (χ1n) is 4.33. The number of H-pyrrole nitrogens is 1. The second-order valence-corrected chi connectivity index (χ2v) is 2.70. The summed E-state index contributed by atoms with van der Waals surface area (Å²) in [6.45, 7) is 3.25. The van der Waals surface area contributed by atoms with Gasteiger partial charge in [0.15, 0.2) is 0 Å². The average molecular weight is 182 g/mol. The lowest BCUT2D eigenvalue weighted by Crippen LogP contribution is -2.28. The summed E-state index contributed by atoms with van der Waals surface area (Å²) in [5.41, 5.74) is 0. The van der Waals surface area contributed by atoms with Gasteiger partial charge in [-0.1, -0.05) is 6.92 Å². The lowest BCUT2D eigenvalue weighted by Gasteiger charge is -2.02. The highest BCUT2D eigenvalue weighted by Gasteiger charge is 2.00. The maximum atomic E-state index is 11.2. The van der Waals surface area contributed by atoms with Gasteiger partial charge in [0.1, 0.15) is 5.82 Å². The van der Waals surface area contributed by atoms with Crippen molar-refractivity contribution in [3.63, 3.8) is 0 Å². The van der Waals surface area contributed by atoms with Crippen LogP contribution in [0.3, 0.4) is 0 Å². The number of rotatable bonds is 5. The van der Waals surface area contributed by atoms with Gasteiger partial charge in [-0.15, -0.1) is 0 Å². The van der Waals surface area contributed by atoms with Gasteiger partial charge in [-0.2, -0.15) is 5.10 Å². The molecule has 0 aromatic carbocycles. The van der Waals surface area contributed by atoms with Gasteiger partial charge in [0.2, 0.25) is 5.91 Å². The molecule has 1 amide bonds. The van der Waals surface area contributed by atoms with Crippen LogP contribution >= 0.6 is 0 Å².